The molecule has 0 spiro atoms. The molecule has 0 radical (unpaired) electrons. The fraction of sp³-hybridized carbons (Fsp3) is 0.200. The molecule has 0 aliphatic rings. The molecule has 0 bridgehead atoms. The van der Waals surface area contributed by atoms with Crippen LogP contribution in [0.4, 0.5) is 0 Å². The van der Waals surface area contributed by atoms with E-state index in [0.29, 0.717) is 5.56 Å². The van der Waals surface area contributed by atoms with Gasteiger partial charge in [-0.2, -0.15) is 4.72 Å². The minimum absolute atomic E-state index is 0.0163. The SMILES string of the molecule is Cc1ccccc1S(=O)(=O)N[C@H](CNC(=O)c1ccoc1)C(=O)O. The van der Waals surface area contributed by atoms with Crippen LogP contribution in [0.3, 0.4) is 0 Å². The Morgan fingerprint density at radius 1 is 1.25 bits per heavy atom. The third-order valence-corrected chi connectivity index (χ3v) is 4.86. The topological polar surface area (TPSA) is 126 Å². The van der Waals surface area contributed by atoms with Crippen molar-refractivity contribution >= 4 is 21.9 Å². The van der Waals surface area contributed by atoms with E-state index in [9.17, 15) is 23.1 Å². The van der Waals surface area contributed by atoms with E-state index in [-0.39, 0.29) is 10.5 Å². The average molecular weight is 352 g/mol. The second-order valence-electron chi connectivity index (χ2n) is 5.00. The van der Waals surface area contributed by atoms with Crippen LogP contribution in [0, 0.1) is 6.92 Å². The molecule has 0 aliphatic heterocycles. The molecule has 1 aromatic carbocycles. The number of carboxylic acids is 1. The van der Waals surface area contributed by atoms with E-state index < -0.39 is 34.5 Å². The molecule has 9 heteroatoms. The van der Waals surface area contributed by atoms with Gasteiger partial charge < -0.3 is 14.8 Å². The Morgan fingerprint density at radius 3 is 2.54 bits per heavy atom. The molecule has 0 saturated carbocycles. The van der Waals surface area contributed by atoms with Crippen LogP contribution in [-0.4, -0.2) is 38.0 Å². The number of carbonyl (C=O) groups is 2. The van der Waals surface area contributed by atoms with E-state index in [4.69, 9.17) is 4.42 Å². The summed E-state index contributed by atoms with van der Waals surface area (Å²) in [7, 11) is -4.04. The van der Waals surface area contributed by atoms with Crippen molar-refractivity contribution in [1.82, 2.24) is 10.0 Å². The second-order valence-corrected chi connectivity index (χ2v) is 6.68. The first kappa shape index (κ1) is 17.7. The predicted molar refractivity (Wildman–Crippen MR) is 84.0 cm³/mol. The van der Waals surface area contributed by atoms with Crippen LogP contribution in [0.1, 0.15) is 15.9 Å². The summed E-state index contributed by atoms with van der Waals surface area (Å²) in [5.74, 6) is -1.97. The molecular weight excluding hydrogens is 336 g/mol. The van der Waals surface area contributed by atoms with Crippen LogP contribution >= 0.6 is 0 Å². The normalized spacial score (nSPS) is 12.5. The highest BCUT2D eigenvalue weighted by Crippen LogP contribution is 2.14. The fourth-order valence-electron chi connectivity index (χ4n) is 1.98. The summed E-state index contributed by atoms with van der Waals surface area (Å²) < 4.78 is 31.5. The number of sulfonamides is 1. The number of benzene rings is 1. The van der Waals surface area contributed by atoms with Gasteiger partial charge in [0.1, 0.15) is 12.3 Å². The summed E-state index contributed by atoms with van der Waals surface area (Å²) in [5, 5.41) is 11.5. The first-order chi connectivity index (χ1) is 11.3. The monoisotopic (exact) mass is 352 g/mol. The molecule has 0 fully saturated rings. The standard InChI is InChI=1S/C15H16N2O6S/c1-10-4-2-3-5-13(10)24(21,22)17-12(15(19)20)8-16-14(18)11-6-7-23-9-11/h2-7,9,12,17H,8H2,1H3,(H,16,18)(H,19,20)/t12-/m1/s1. The van der Waals surface area contributed by atoms with Crippen molar-refractivity contribution in [2.24, 2.45) is 0 Å². The first-order valence-electron chi connectivity index (χ1n) is 6.92. The van der Waals surface area contributed by atoms with Crippen LogP contribution in [0.15, 0.2) is 52.2 Å². The lowest BCUT2D eigenvalue weighted by Crippen LogP contribution is -2.48. The predicted octanol–water partition coefficient (Wildman–Crippen LogP) is 0.750. The number of rotatable bonds is 7. The van der Waals surface area contributed by atoms with Crippen LogP contribution in [0.5, 0.6) is 0 Å². The van der Waals surface area contributed by atoms with Gasteiger partial charge in [-0.25, -0.2) is 8.42 Å². The number of aryl methyl sites for hydroxylation is 1. The van der Waals surface area contributed by atoms with Crippen molar-refractivity contribution in [3.63, 3.8) is 0 Å². The molecule has 3 N–H and O–H groups in total. The Labute approximate surface area is 138 Å². The van der Waals surface area contributed by atoms with Gasteiger partial charge in [-0.15, -0.1) is 0 Å². The lowest BCUT2D eigenvalue weighted by atomic mass is 10.2. The largest absolute Gasteiger partial charge is 0.480 e. The zero-order valence-corrected chi connectivity index (χ0v) is 13.5. The van der Waals surface area contributed by atoms with Crippen LogP contribution < -0.4 is 10.0 Å². The zero-order chi connectivity index (χ0) is 17.7. The third-order valence-electron chi connectivity index (χ3n) is 3.23. The number of carbonyl (C=O) groups excluding carboxylic acids is 1. The average Bonchev–Trinajstić information content (AvgIpc) is 3.05. The Bertz CT molecular complexity index is 829. The molecule has 0 aliphatic carbocycles. The molecule has 24 heavy (non-hydrogen) atoms. The summed E-state index contributed by atoms with van der Waals surface area (Å²) in [6, 6.07) is 6.09. The highest BCUT2D eigenvalue weighted by molar-refractivity contribution is 7.89. The number of hydrogen-bond donors (Lipinski definition) is 3. The van der Waals surface area contributed by atoms with Crippen LogP contribution in [0.2, 0.25) is 0 Å². The minimum atomic E-state index is -4.04. The Kier molecular flexibility index (Phi) is 5.37. The van der Waals surface area contributed by atoms with Gasteiger partial charge in [0.05, 0.1) is 16.7 Å². The highest BCUT2D eigenvalue weighted by atomic mass is 32.2. The van der Waals surface area contributed by atoms with Crippen molar-refractivity contribution in [2.75, 3.05) is 6.54 Å². The van der Waals surface area contributed by atoms with E-state index in [1.807, 2.05) is 0 Å². The van der Waals surface area contributed by atoms with Crippen molar-refractivity contribution in [3.05, 3.63) is 54.0 Å². The lowest BCUT2D eigenvalue weighted by molar-refractivity contribution is -0.138. The Balaban J connectivity index is 2.10. The van der Waals surface area contributed by atoms with Crippen molar-refractivity contribution in [3.8, 4) is 0 Å². The number of hydrogen-bond acceptors (Lipinski definition) is 5. The lowest BCUT2D eigenvalue weighted by Gasteiger charge is -2.16. The van der Waals surface area contributed by atoms with Crippen LogP contribution in [-0.2, 0) is 14.8 Å². The van der Waals surface area contributed by atoms with Gasteiger partial charge in [-0.3, -0.25) is 9.59 Å². The molecule has 0 unspecified atom stereocenters. The van der Waals surface area contributed by atoms with Gasteiger partial charge in [-0.1, -0.05) is 18.2 Å². The van der Waals surface area contributed by atoms with Gasteiger partial charge in [0.2, 0.25) is 10.0 Å². The Morgan fingerprint density at radius 2 is 1.96 bits per heavy atom. The van der Waals surface area contributed by atoms with Gasteiger partial charge in [0.25, 0.3) is 5.91 Å². The van der Waals surface area contributed by atoms with Gasteiger partial charge in [-0.05, 0) is 24.6 Å². The van der Waals surface area contributed by atoms with E-state index >= 15 is 0 Å². The molecule has 2 rings (SSSR count). The molecule has 1 amide bonds. The molecule has 1 heterocycles. The zero-order valence-electron chi connectivity index (χ0n) is 12.7. The second kappa shape index (κ2) is 7.28. The van der Waals surface area contributed by atoms with Crippen molar-refractivity contribution < 1.29 is 27.5 Å². The van der Waals surface area contributed by atoms with Gasteiger partial charge >= 0.3 is 5.97 Å². The molecule has 8 nitrogen and oxygen atoms in total. The number of furan rings is 1. The highest BCUT2D eigenvalue weighted by Gasteiger charge is 2.27. The quantitative estimate of drug-likeness (QED) is 0.675. The third kappa shape index (κ3) is 4.21. The molecular formula is C15H16N2O6S. The van der Waals surface area contributed by atoms with Crippen LogP contribution in [0.25, 0.3) is 0 Å². The number of aliphatic carboxylic acids is 1. The van der Waals surface area contributed by atoms with E-state index in [1.54, 1.807) is 19.1 Å². The van der Waals surface area contributed by atoms with E-state index in [0.717, 1.165) is 0 Å². The van der Waals surface area contributed by atoms with Crippen molar-refractivity contribution in [2.45, 2.75) is 17.9 Å². The van der Waals surface area contributed by atoms with Gasteiger partial charge in [0, 0.05) is 6.54 Å². The maximum absolute atomic E-state index is 12.3. The maximum atomic E-state index is 12.3. The van der Waals surface area contributed by atoms with Gasteiger partial charge in [0.15, 0.2) is 0 Å². The maximum Gasteiger partial charge on any atom is 0.323 e. The summed E-state index contributed by atoms with van der Waals surface area (Å²) >= 11 is 0. The molecule has 0 saturated heterocycles. The van der Waals surface area contributed by atoms with E-state index in [1.165, 1.54) is 30.7 Å². The Hall–Kier alpha value is -2.65. The molecule has 128 valence electrons. The summed E-state index contributed by atoms with van der Waals surface area (Å²) in [6.07, 6.45) is 2.49. The first-order valence-corrected chi connectivity index (χ1v) is 8.41. The smallest absolute Gasteiger partial charge is 0.323 e. The number of amides is 1. The fourth-order valence-corrected chi connectivity index (χ4v) is 3.41. The summed E-state index contributed by atoms with van der Waals surface area (Å²) in [5.41, 5.74) is 0.692. The van der Waals surface area contributed by atoms with Crippen molar-refractivity contribution in [1.29, 1.82) is 0 Å². The minimum Gasteiger partial charge on any atom is -0.480 e. The van der Waals surface area contributed by atoms with E-state index in [2.05, 4.69) is 10.0 Å². The summed E-state index contributed by atoms with van der Waals surface area (Å²) in [4.78, 5) is 23.1. The molecule has 1 aromatic heterocycles. The molecule has 2 aromatic rings. The number of carboxylic acid groups (broad SMARTS) is 1. The molecule has 1 atom stereocenters. The number of nitrogens with one attached hydrogen (secondary N) is 2. The summed E-state index contributed by atoms with van der Waals surface area (Å²) in [6.45, 7) is 1.19.